The summed E-state index contributed by atoms with van der Waals surface area (Å²) >= 11 is 0. The molecule has 0 N–H and O–H groups in total. The van der Waals surface area contributed by atoms with Gasteiger partial charge in [0.25, 0.3) is 0 Å². The van der Waals surface area contributed by atoms with Crippen molar-refractivity contribution >= 4 is 16.5 Å². The Bertz CT molecular complexity index is 863. The van der Waals surface area contributed by atoms with Gasteiger partial charge in [0.05, 0.1) is 17.8 Å². The highest BCUT2D eigenvalue weighted by Gasteiger charge is 2.11. The smallest absolute Gasteiger partial charge is 0.0958 e. The number of hydrogen-bond acceptors (Lipinski definition) is 1. The minimum atomic E-state index is 0.789. The highest BCUT2D eigenvalue weighted by Crippen LogP contribution is 2.25. The maximum Gasteiger partial charge on any atom is 0.0958 e. The van der Waals surface area contributed by atoms with Gasteiger partial charge in [-0.15, -0.1) is 0 Å². The van der Waals surface area contributed by atoms with E-state index >= 15 is 0 Å². The van der Waals surface area contributed by atoms with Gasteiger partial charge in [0.1, 0.15) is 0 Å². The second-order valence-electron chi connectivity index (χ2n) is 6.10. The molecule has 0 bridgehead atoms. The molecule has 1 aromatic heterocycles. The first-order valence-corrected chi connectivity index (χ1v) is 7.97. The Hall–Kier alpha value is -2.61. The molecule has 3 aromatic rings. The molecule has 0 saturated carbocycles. The van der Waals surface area contributed by atoms with Crippen LogP contribution in [0.3, 0.4) is 0 Å². The van der Waals surface area contributed by atoms with Gasteiger partial charge in [-0.25, -0.2) is 0 Å². The second kappa shape index (κ2) is 6.66. The van der Waals surface area contributed by atoms with Crippen LogP contribution in [0.1, 0.15) is 32.0 Å². The number of nitrogens with zero attached hydrogens (tertiary/aromatic N) is 2. The predicted octanol–water partition coefficient (Wildman–Crippen LogP) is 5.45. The van der Waals surface area contributed by atoms with Crippen LogP contribution in [-0.2, 0) is 6.54 Å². The van der Waals surface area contributed by atoms with E-state index in [0.717, 1.165) is 12.2 Å². The number of rotatable bonds is 4. The molecule has 116 valence electrons. The van der Waals surface area contributed by atoms with Crippen molar-refractivity contribution in [1.82, 2.24) is 9.78 Å². The number of benzene rings is 2. The van der Waals surface area contributed by atoms with E-state index in [1.807, 2.05) is 6.07 Å². The molecule has 0 atom stereocenters. The molecule has 0 aliphatic heterocycles. The minimum absolute atomic E-state index is 0.789. The maximum atomic E-state index is 4.88. The highest BCUT2D eigenvalue weighted by atomic mass is 15.3. The van der Waals surface area contributed by atoms with E-state index in [1.165, 1.54) is 27.6 Å². The van der Waals surface area contributed by atoms with Gasteiger partial charge in [-0.05, 0) is 38.0 Å². The molecule has 0 unspecified atom stereocenters. The molecule has 0 amide bonds. The fraction of sp³-hybridized carbons (Fsp3) is 0.190. The molecule has 3 rings (SSSR count). The Kier molecular flexibility index (Phi) is 4.42. The van der Waals surface area contributed by atoms with Gasteiger partial charge >= 0.3 is 0 Å². The molecular formula is C21H22N2. The fourth-order valence-corrected chi connectivity index (χ4v) is 2.67. The maximum absolute atomic E-state index is 4.88. The van der Waals surface area contributed by atoms with Crippen LogP contribution in [0.4, 0.5) is 0 Å². The molecule has 0 saturated heterocycles. The van der Waals surface area contributed by atoms with Crippen LogP contribution in [0.25, 0.3) is 16.5 Å². The van der Waals surface area contributed by atoms with Crippen molar-refractivity contribution in [2.45, 2.75) is 27.3 Å². The van der Waals surface area contributed by atoms with E-state index < -0.39 is 0 Å². The first-order valence-electron chi connectivity index (χ1n) is 7.97. The first kappa shape index (κ1) is 15.3. The monoisotopic (exact) mass is 302 g/mol. The van der Waals surface area contributed by atoms with Gasteiger partial charge in [0, 0.05) is 5.39 Å². The molecule has 0 fully saturated rings. The summed E-state index contributed by atoms with van der Waals surface area (Å²) in [5.41, 5.74) is 5.98. The Morgan fingerprint density at radius 1 is 0.913 bits per heavy atom. The van der Waals surface area contributed by atoms with Crippen molar-refractivity contribution in [3.63, 3.8) is 0 Å². The van der Waals surface area contributed by atoms with E-state index in [4.69, 9.17) is 5.10 Å². The van der Waals surface area contributed by atoms with E-state index in [-0.39, 0.29) is 0 Å². The molecule has 0 aliphatic rings. The molecule has 0 aliphatic carbocycles. The van der Waals surface area contributed by atoms with E-state index in [1.54, 1.807) is 0 Å². The lowest BCUT2D eigenvalue weighted by atomic mass is 10.1. The molecular weight excluding hydrogens is 280 g/mol. The summed E-state index contributed by atoms with van der Waals surface area (Å²) < 4.78 is 2.10. The largest absolute Gasteiger partial charge is 0.260 e. The Balaban J connectivity index is 2.07. The fourth-order valence-electron chi connectivity index (χ4n) is 2.67. The molecule has 0 spiro atoms. The van der Waals surface area contributed by atoms with Gasteiger partial charge in [-0.2, -0.15) is 5.10 Å². The summed E-state index contributed by atoms with van der Waals surface area (Å²) in [5.74, 6) is 0. The zero-order valence-electron chi connectivity index (χ0n) is 14.0. The summed E-state index contributed by atoms with van der Waals surface area (Å²) in [7, 11) is 0. The van der Waals surface area contributed by atoms with E-state index in [2.05, 4.69) is 86.1 Å². The standard InChI is InChI=1S/C21H22N2/c1-16(2)13-14-17(3)21-19-11-7-8-12-20(19)23(22-21)15-18-9-5-4-6-10-18/h4-14H,15H2,1-3H3/b17-14+. The number of fused-ring (bicyclic) bond motifs is 1. The lowest BCUT2D eigenvalue weighted by Crippen LogP contribution is -2.01. The summed E-state index contributed by atoms with van der Waals surface area (Å²) in [6.45, 7) is 7.13. The topological polar surface area (TPSA) is 17.8 Å². The van der Waals surface area contributed by atoms with Crippen molar-refractivity contribution in [2.75, 3.05) is 0 Å². The number of hydrogen-bond donors (Lipinski definition) is 0. The van der Waals surface area contributed by atoms with Crippen LogP contribution in [0.2, 0.25) is 0 Å². The Labute approximate surface area is 137 Å². The third kappa shape index (κ3) is 3.42. The Morgan fingerprint density at radius 3 is 2.35 bits per heavy atom. The van der Waals surface area contributed by atoms with Gasteiger partial charge in [0.2, 0.25) is 0 Å². The summed E-state index contributed by atoms with van der Waals surface area (Å²) in [5, 5.41) is 6.09. The van der Waals surface area contributed by atoms with Gasteiger partial charge in [0.15, 0.2) is 0 Å². The molecule has 2 heteroatoms. The Morgan fingerprint density at radius 2 is 1.61 bits per heavy atom. The van der Waals surface area contributed by atoms with Crippen LogP contribution in [0.15, 0.2) is 72.3 Å². The van der Waals surface area contributed by atoms with Crippen LogP contribution < -0.4 is 0 Å². The lowest BCUT2D eigenvalue weighted by Gasteiger charge is -2.03. The number of allylic oxidation sites excluding steroid dienone is 4. The van der Waals surface area contributed by atoms with Crippen molar-refractivity contribution in [3.05, 3.63) is 83.6 Å². The molecule has 2 nitrogen and oxygen atoms in total. The van der Waals surface area contributed by atoms with Gasteiger partial charge < -0.3 is 0 Å². The highest BCUT2D eigenvalue weighted by molar-refractivity contribution is 5.90. The average molecular weight is 302 g/mol. The second-order valence-corrected chi connectivity index (χ2v) is 6.10. The van der Waals surface area contributed by atoms with Crippen molar-refractivity contribution in [3.8, 4) is 0 Å². The lowest BCUT2D eigenvalue weighted by molar-refractivity contribution is 0.708. The summed E-state index contributed by atoms with van der Waals surface area (Å²) in [6, 6.07) is 18.9. The van der Waals surface area contributed by atoms with Gasteiger partial charge in [-0.1, -0.05) is 66.3 Å². The van der Waals surface area contributed by atoms with Crippen molar-refractivity contribution < 1.29 is 0 Å². The number of para-hydroxylation sites is 1. The minimum Gasteiger partial charge on any atom is -0.260 e. The quantitative estimate of drug-likeness (QED) is 0.586. The van der Waals surface area contributed by atoms with Crippen molar-refractivity contribution in [2.24, 2.45) is 0 Å². The number of aromatic nitrogens is 2. The molecule has 2 aromatic carbocycles. The molecule has 23 heavy (non-hydrogen) atoms. The zero-order valence-corrected chi connectivity index (χ0v) is 14.0. The van der Waals surface area contributed by atoms with Crippen LogP contribution in [0.5, 0.6) is 0 Å². The van der Waals surface area contributed by atoms with Crippen LogP contribution in [0, 0.1) is 0 Å². The third-order valence-electron chi connectivity index (χ3n) is 3.87. The zero-order chi connectivity index (χ0) is 16.2. The van der Waals surface area contributed by atoms with Crippen LogP contribution >= 0.6 is 0 Å². The molecule has 1 heterocycles. The van der Waals surface area contributed by atoms with Crippen LogP contribution in [-0.4, -0.2) is 9.78 Å². The normalized spacial score (nSPS) is 11.7. The average Bonchev–Trinajstić information content (AvgIpc) is 2.92. The van der Waals surface area contributed by atoms with Crippen molar-refractivity contribution in [1.29, 1.82) is 0 Å². The summed E-state index contributed by atoms with van der Waals surface area (Å²) in [4.78, 5) is 0. The first-order chi connectivity index (χ1) is 11.1. The SMILES string of the molecule is CC(C)=C/C=C(\C)c1nn(Cc2ccccc2)c2ccccc12. The van der Waals surface area contributed by atoms with Gasteiger partial charge in [-0.3, -0.25) is 4.68 Å². The van der Waals surface area contributed by atoms with E-state index in [0.29, 0.717) is 0 Å². The predicted molar refractivity (Wildman–Crippen MR) is 98.4 cm³/mol. The summed E-state index contributed by atoms with van der Waals surface area (Å²) in [6.07, 6.45) is 4.29. The third-order valence-corrected chi connectivity index (χ3v) is 3.87. The van der Waals surface area contributed by atoms with E-state index in [9.17, 15) is 0 Å². The molecule has 0 radical (unpaired) electrons.